The van der Waals surface area contributed by atoms with Crippen LogP contribution < -0.4 is 20.1 Å². The van der Waals surface area contributed by atoms with E-state index in [4.69, 9.17) is 9.47 Å². The third-order valence-electron chi connectivity index (χ3n) is 4.28. The molecule has 0 spiro atoms. The summed E-state index contributed by atoms with van der Waals surface area (Å²) < 4.78 is 10.7. The average molecular weight is 392 g/mol. The van der Waals surface area contributed by atoms with Gasteiger partial charge in [0, 0.05) is 6.04 Å². The zero-order valence-corrected chi connectivity index (χ0v) is 16.5. The third kappa shape index (κ3) is 5.93. The van der Waals surface area contributed by atoms with Crippen molar-refractivity contribution in [2.24, 2.45) is 0 Å². The van der Waals surface area contributed by atoms with Crippen molar-refractivity contribution in [1.82, 2.24) is 15.5 Å². The lowest BCUT2D eigenvalue weighted by Crippen LogP contribution is -2.29. The highest BCUT2D eigenvalue weighted by Gasteiger charge is 2.10. The largest absolute Gasteiger partial charge is 0.497 e. The van der Waals surface area contributed by atoms with Crippen LogP contribution in [-0.2, 0) is 0 Å². The first kappa shape index (κ1) is 20.1. The number of hydrogen-bond acceptors (Lipinski definition) is 6. The molecule has 3 rings (SSSR count). The Morgan fingerprint density at radius 1 is 0.966 bits per heavy atom. The number of aromatic nitrogens is 2. The zero-order chi connectivity index (χ0) is 20.5. The predicted octanol–water partition coefficient (Wildman–Crippen LogP) is 3.47. The van der Waals surface area contributed by atoms with Crippen LogP contribution in [0.15, 0.2) is 66.7 Å². The fourth-order valence-corrected chi connectivity index (χ4v) is 2.67. The minimum Gasteiger partial charge on any atom is -0.497 e. The van der Waals surface area contributed by atoms with Gasteiger partial charge in [-0.25, -0.2) is 0 Å². The second-order valence-corrected chi connectivity index (χ2v) is 6.36. The lowest BCUT2D eigenvalue weighted by molar-refractivity contribution is 0.0941. The summed E-state index contributed by atoms with van der Waals surface area (Å²) in [6.45, 7) is 2.75. The predicted molar refractivity (Wildman–Crippen MR) is 111 cm³/mol. The minimum atomic E-state index is -0.293. The van der Waals surface area contributed by atoms with Crippen LogP contribution in [0, 0.1) is 0 Å². The summed E-state index contributed by atoms with van der Waals surface area (Å²) in [6.07, 6.45) is 0. The number of anilines is 1. The van der Waals surface area contributed by atoms with Gasteiger partial charge in [0.25, 0.3) is 5.91 Å². The molecule has 1 heterocycles. The molecule has 150 valence electrons. The first-order valence-corrected chi connectivity index (χ1v) is 9.36. The van der Waals surface area contributed by atoms with Crippen molar-refractivity contribution in [2.45, 2.75) is 13.0 Å². The Morgan fingerprint density at radius 3 is 2.34 bits per heavy atom. The van der Waals surface area contributed by atoms with E-state index in [1.54, 1.807) is 19.2 Å². The smallest absolute Gasteiger partial charge is 0.271 e. The summed E-state index contributed by atoms with van der Waals surface area (Å²) in [6, 6.07) is 20.8. The van der Waals surface area contributed by atoms with E-state index < -0.39 is 0 Å². The van der Waals surface area contributed by atoms with Gasteiger partial charge in [-0.3, -0.25) is 4.79 Å². The third-order valence-corrected chi connectivity index (χ3v) is 4.28. The maximum atomic E-state index is 12.2. The van der Waals surface area contributed by atoms with Gasteiger partial charge < -0.3 is 20.1 Å². The van der Waals surface area contributed by atoms with Crippen molar-refractivity contribution >= 4 is 11.7 Å². The first-order valence-electron chi connectivity index (χ1n) is 9.36. The fraction of sp³-hybridized carbons (Fsp3) is 0.227. The second-order valence-electron chi connectivity index (χ2n) is 6.36. The molecule has 0 saturated carbocycles. The van der Waals surface area contributed by atoms with Crippen molar-refractivity contribution < 1.29 is 14.3 Å². The van der Waals surface area contributed by atoms with E-state index in [1.807, 2.05) is 61.5 Å². The molecule has 29 heavy (non-hydrogen) atoms. The normalized spacial score (nSPS) is 11.4. The van der Waals surface area contributed by atoms with Crippen LogP contribution in [0.25, 0.3) is 0 Å². The van der Waals surface area contributed by atoms with Crippen molar-refractivity contribution in [2.75, 3.05) is 25.6 Å². The highest BCUT2D eigenvalue weighted by atomic mass is 16.5. The van der Waals surface area contributed by atoms with E-state index in [0.29, 0.717) is 24.7 Å². The Bertz CT molecular complexity index is 900. The van der Waals surface area contributed by atoms with E-state index in [-0.39, 0.29) is 17.6 Å². The molecule has 0 aliphatic carbocycles. The summed E-state index contributed by atoms with van der Waals surface area (Å²) in [4.78, 5) is 12.2. The molecule has 0 radical (unpaired) electrons. The minimum absolute atomic E-state index is 0.0836. The number of ether oxygens (including phenoxy) is 2. The second kappa shape index (κ2) is 10.1. The van der Waals surface area contributed by atoms with Gasteiger partial charge in [-0.1, -0.05) is 30.3 Å². The number of nitrogens with zero attached hydrogens (tertiary/aromatic N) is 2. The van der Waals surface area contributed by atoms with Gasteiger partial charge in [-0.05, 0) is 48.9 Å². The molecule has 0 aliphatic rings. The summed E-state index contributed by atoms with van der Waals surface area (Å²) >= 11 is 0. The maximum absolute atomic E-state index is 12.2. The molecule has 1 unspecified atom stereocenters. The quantitative estimate of drug-likeness (QED) is 0.543. The van der Waals surface area contributed by atoms with Crippen LogP contribution in [0.5, 0.6) is 11.5 Å². The number of rotatable bonds is 9. The number of hydrogen-bond donors (Lipinski definition) is 2. The maximum Gasteiger partial charge on any atom is 0.271 e. The van der Waals surface area contributed by atoms with E-state index in [1.165, 1.54) is 0 Å². The number of benzene rings is 2. The zero-order valence-electron chi connectivity index (χ0n) is 16.5. The molecule has 3 aromatic rings. The number of carbonyl (C=O) groups excluding carboxylic acids is 1. The lowest BCUT2D eigenvalue weighted by Gasteiger charge is -2.14. The number of nitrogens with one attached hydrogen (secondary N) is 2. The van der Waals surface area contributed by atoms with E-state index in [9.17, 15) is 4.79 Å². The van der Waals surface area contributed by atoms with E-state index in [2.05, 4.69) is 20.8 Å². The Hall–Kier alpha value is -3.61. The Morgan fingerprint density at radius 2 is 1.69 bits per heavy atom. The Kier molecular flexibility index (Phi) is 7.00. The molecular weight excluding hydrogens is 368 g/mol. The summed E-state index contributed by atoms with van der Waals surface area (Å²) in [5.74, 6) is 1.79. The van der Waals surface area contributed by atoms with Crippen molar-refractivity contribution in [3.05, 3.63) is 78.0 Å². The van der Waals surface area contributed by atoms with Crippen molar-refractivity contribution in [3.63, 3.8) is 0 Å². The highest BCUT2D eigenvalue weighted by Crippen LogP contribution is 2.17. The molecule has 1 amide bonds. The van der Waals surface area contributed by atoms with Crippen LogP contribution in [0.4, 0.5) is 5.82 Å². The SMILES string of the molecule is COc1ccc(OCCNC(=O)c2ccc(NC(C)c3ccccc3)nn2)cc1. The molecule has 1 aromatic heterocycles. The number of amides is 1. The van der Waals surface area contributed by atoms with Gasteiger partial charge in [0.2, 0.25) is 0 Å². The number of carbonyl (C=O) groups is 1. The van der Waals surface area contributed by atoms with Crippen LogP contribution in [-0.4, -0.2) is 36.4 Å². The standard InChI is InChI=1S/C22H24N4O3/c1-16(17-6-4-3-5-7-17)24-21-13-12-20(25-26-21)22(27)23-14-15-29-19-10-8-18(28-2)9-11-19/h3-13,16H,14-15H2,1-2H3,(H,23,27)(H,24,26). The molecule has 7 heteroatoms. The van der Waals surface area contributed by atoms with E-state index in [0.717, 1.165) is 11.3 Å². The average Bonchev–Trinajstić information content (AvgIpc) is 2.78. The summed E-state index contributed by atoms with van der Waals surface area (Å²) in [7, 11) is 1.61. The number of methoxy groups -OCH3 is 1. The molecule has 2 N–H and O–H groups in total. The molecule has 7 nitrogen and oxygen atoms in total. The van der Waals surface area contributed by atoms with E-state index >= 15 is 0 Å². The van der Waals surface area contributed by atoms with Gasteiger partial charge >= 0.3 is 0 Å². The molecule has 0 fully saturated rings. The highest BCUT2D eigenvalue weighted by molar-refractivity contribution is 5.92. The fourth-order valence-electron chi connectivity index (χ4n) is 2.67. The summed E-state index contributed by atoms with van der Waals surface area (Å²) in [5, 5.41) is 14.1. The van der Waals surface area contributed by atoms with Crippen LogP contribution in [0.2, 0.25) is 0 Å². The molecule has 0 bridgehead atoms. The summed E-state index contributed by atoms with van der Waals surface area (Å²) in [5.41, 5.74) is 1.40. The van der Waals surface area contributed by atoms with Gasteiger partial charge in [0.15, 0.2) is 5.69 Å². The van der Waals surface area contributed by atoms with Gasteiger partial charge in [-0.15, -0.1) is 10.2 Å². The van der Waals surface area contributed by atoms with Crippen molar-refractivity contribution in [1.29, 1.82) is 0 Å². The lowest BCUT2D eigenvalue weighted by atomic mass is 10.1. The van der Waals surface area contributed by atoms with Crippen LogP contribution >= 0.6 is 0 Å². The van der Waals surface area contributed by atoms with Crippen LogP contribution in [0.3, 0.4) is 0 Å². The Labute approximate surface area is 170 Å². The molecule has 2 aromatic carbocycles. The molecule has 1 atom stereocenters. The Balaban J connectivity index is 1.43. The molecule has 0 saturated heterocycles. The van der Waals surface area contributed by atoms with Gasteiger partial charge in [0.05, 0.1) is 13.7 Å². The monoisotopic (exact) mass is 392 g/mol. The van der Waals surface area contributed by atoms with Crippen molar-refractivity contribution in [3.8, 4) is 11.5 Å². The van der Waals surface area contributed by atoms with Gasteiger partial charge in [0.1, 0.15) is 23.9 Å². The topological polar surface area (TPSA) is 85.4 Å². The van der Waals surface area contributed by atoms with Crippen LogP contribution in [0.1, 0.15) is 29.0 Å². The first-order chi connectivity index (χ1) is 14.2. The molecular formula is C22H24N4O3. The molecule has 0 aliphatic heterocycles. The van der Waals surface area contributed by atoms with Gasteiger partial charge in [-0.2, -0.15) is 0 Å².